The number of allylic oxidation sites excluding steroid dienone is 1. The standard InChI is InChI=1S/C8H16FN/c1-2-3-4-7-10-8-5-6-9/h2-3,10H,4-8H2,1H3/b3-2+. The second-order valence-corrected chi connectivity index (χ2v) is 2.15. The summed E-state index contributed by atoms with van der Waals surface area (Å²) in [5.41, 5.74) is 0. The Morgan fingerprint density at radius 3 is 2.80 bits per heavy atom. The van der Waals surface area contributed by atoms with Crippen LogP contribution in [-0.4, -0.2) is 19.8 Å². The Balaban J connectivity index is 2.77. The van der Waals surface area contributed by atoms with E-state index in [2.05, 4.69) is 11.4 Å². The van der Waals surface area contributed by atoms with Gasteiger partial charge in [0, 0.05) is 0 Å². The molecule has 0 rings (SSSR count). The lowest BCUT2D eigenvalue weighted by Gasteiger charge is -1.98. The van der Waals surface area contributed by atoms with Gasteiger partial charge in [-0.3, -0.25) is 4.39 Å². The van der Waals surface area contributed by atoms with Crippen LogP contribution in [0.15, 0.2) is 12.2 Å². The number of halogens is 1. The molecule has 60 valence electrons. The minimum atomic E-state index is -0.212. The number of hydrogen-bond donors (Lipinski definition) is 1. The molecule has 0 saturated heterocycles. The van der Waals surface area contributed by atoms with Gasteiger partial charge in [-0.15, -0.1) is 0 Å². The predicted octanol–water partition coefficient (Wildman–Crippen LogP) is 1.90. The van der Waals surface area contributed by atoms with E-state index in [0.29, 0.717) is 6.42 Å². The van der Waals surface area contributed by atoms with Crippen LogP contribution in [0.2, 0.25) is 0 Å². The number of rotatable bonds is 6. The minimum absolute atomic E-state index is 0.212. The van der Waals surface area contributed by atoms with Crippen LogP contribution in [0, 0.1) is 0 Å². The predicted molar refractivity (Wildman–Crippen MR) is 42.9 cm³/mol. The molecule has 10 heavy (non-hydrogen) atoms. The topological polar surface area (TPSA) is 12.0 Å². The first-order valence-electron chi connectivity index (χ1n) is 3.79. The molecule has 0 fully saturated rings. The van der Waals surface area contributed by atoms with Crippen molar-refractivity contribution in [2.24, 2.45) is 0 Å². The third-order valence-corrected chi connectivity index (χ3v) is 1.21. The SMILES string of the molecule is C/C=C/CCNCCCF. The highest BCUT2D eigenvalue weighted by Gasteiger charge is 1.83. The van der Waals surface area contributed by atoms with E-state index < -0.39 is 0 Å². The van der Waals surface area contributed by atoms with Crippen LogP contribution in [0.25, 0.3) is 0 Å². The summed E-state index contributed by atoms with van der Waals surface area (Å²) in [4.78, 5) is 0. The molecule has 2 heteroatoms. The van der Waals surface area contributed by atoms with Crippen LogP contribution in [-0.2, 0) is 0 Å². The fourth-order valence-electron chi connectivity index (χ4n) is 0.669. The van der Waals surface area contributed by atoms with Crippen LogP contribution in [0.5, 0.6) is 0 Å². The fraction of sp³-hybridized carbons (Fsp3) is 0.750. The zero-order valence-electron chi connectivity index (χ0n) is 6.57. The van der Waals surface area contributed by atoms with Gasteiger partial charge in [-0.05, 0) is 32.9 Å². The lowest BCUT2D eigenvalue weighted by Crippen LogP contribution is -2.16. The summed E-state index contributed by atoms with van der Waals surface area (Å²) in [5, 5.41) is 3.13. The van der Waals surface area contributed by atoms with E-state index in [1.165, 1.54) is 0 Å². The minimum Gasteiger partial charge on any atom is -0.316 e. The monoisotopic (exact) mass is 145 g/mol. The van der Waals surface area contributed by atoms with Gasteiger partial charge in [0.15, 0.2) is 0 Å². The number of nitrogens with one attached hydrogen (secondary N) is 1. The van der Waals surface area contributed by atoms with E-state index in [-0.39, 0.29) is 6.67 Å². The molecule has 0 amide bonds. The molecule has 0 saturated carbocycles. The Hall–Kier alpha value is -0.370. The first-order valence-corrected chi connectivity index (χ1v) is 3.79. The molecule has 0 aliphatic carbocycles. The summed E-state index contributed by atoms with van der Waals surface area (Å²) < 4.78 is 11.5. The van der Waals surface area contributed by atoms with Gasteiger partial charge < -0.3 is 5.32 Å². The molecule has 0 aliphatic heterocycles. The highest BCUT2D eigenvalue weighted by Crippen LogP contribution is 1.81. The van der Waals surface area contributed by atoms with Gasteiger partial charge in [0.05, 0.1) is 6.67 Å². The van der Waals surface area contributed by atoms with Crippen LogP contribution < -0.4 is 5.32 Å². The maximum atomic E-state index is 11.5. The number of hydrogen-bond acceptors (Lipinski definition) is 1. The maximum Gasteiger partial charge on any atom is 0.0906 e. The maximum absolute atomic E-state index is 11.5. The van der Waals surface area contributed by atoms with Crippen molar-refractivity contribution in [1.29, 1.82) is 0 Å². The van der Waals surface area contributed by atoms with E-state index in [1.807, 2.05) is 13.0 Å². The molecule has 1 nitrogen and oxygen atoms in total. The quantitative estimate of drug-likeness (QED) is 0.444. The van der Waals surface area contributed by atoms with Crippen molar-refractivity contribution in [2.45, 2.75) is 19.8 Å². The molecule has 0 bridgehead atoms. The Labute approximate surface area is 62.3 Å². The van der Waals surface area contributed by atoms with Gasteiger partial charge in [0.25, 0.3) is 0 Å². The molecule has 0 aromatic heterocycles. The van der Waals surface area contributed by atoms with Crippen molar-refractivity contribution < 1.29 is 4.39 Å². The Kier molecular flexibility index (Phi) is 8.31. The van der Waals surface area contributed by atoms with Crippen LogP contribution in [0.1, 0.15) is 19.8 Å². The molecule has 1 N–H and O–H groups in total. The summed E-state index contributed by atoms with van der Waals surface area (Å²) in [6, 6.07) is 0. The smallest absolute Gasteiger partial charge is 0.0906 e. The Morgan fingerprint density at radius 1 is 1.40 bits per heavy atom. The van der Waals surface area contributed by atoms with Gasteiger partial charge >= 0.3 is 0 Å². The van der Waals surface area contributed by atoms with Crippen molar-refractivity contribution in [3.05, 3.63) is 12.2 Å². The molecule has 0 heterocycles. The van der Waals surface area contributed by atoms with E-state index in [0.717, 1.165) is 19.5 Å². The van der Waals surface area contributed by atoms with Crippen molar-refractivity contribution in [3.8, 4) is 0 Å². The normalized spacial score (nSPS) is 11.0. The summed E-state index contributed by atoms with van der Waals surface area (Å²) in [7, 11) is 0. The molecule has 0 aliphatic rings. The second-order valence-electron chi connectivity index (χ2n) is 2.15. The van der Waals surface area contributed by atoms with Gasteiger partial charge in [0.2, 0.25) is 0 Å². The van der Waals surface area contributed by atoms with Crippen LogP contribution in [0.3, 0.4) is 0 Å². The van der Waals surface area contributed by atoms with E-state index >= 15 is 0 Å². The zero-order valence-corrected chi connectivity index (χ0v) is 6.57. The van der Waals surface area contributed by atoms with Gasteiger partial charge in [-0.2, -0.15) is 0 Å². The molecule has 0 radical (unpaired) electrons. The average molecular weight is 145 g/mol. The van der Waals surface area contributed by atoms with Crippen molar-refractivity contribution >= 4 is 0 Å². The van der Waals surface area contributed by atoms with Crippen molar-refractivity contribution in [1.82, 2.24) is 5.32 Å². The zero-order chi connectivity index (χ0) is 7.66. The first kappa shape index (κ1) is 9.63. The molecule has 0 atom stereocenters. The van der Waals surface area contributed by atoms with Gasteiger partial charge in [0.1, 0.15) is 0 Å². The first-order chi connectivity index (χ1) is 4.91. The Morgan fingerprint density at radius 2 is 2.20 bits per heavy atom. The summed E-state index contributed by atoms with van der Waals surface area (Å²) in [6.45, 7) is 3.55. The molecule has 0 unspecified atom stereocenters. The third kappa shape index (κ3) is 7.63. The molecular formula is C8H16FN. The van der Waals surface area contributed by atoms with E-state index in [1.54, 1.807) is 0 Å². The molecule has 0 aromatic rings. The molecule has 0 spiro atoms. The highest BCUT2D eigenvalue weighted by atomic mass is 19.1. The summed E-state index contributed by atoms with van der Waals surface area (Å²) in [5.74, 6) is 0. The third-order valence-electron chi connectivity index (χ3n) is 1.21. The van der Waals surface area contributed by atoms with Crippen LogP contribution in [0.4, 0.5) is 4.39 Å². The Bertz CT molecular complexity index is 81.3. The molecular weight excluding hydrogens is 129 g/mol. The van der Waals surface area contributed by atoms with E-state index in [4.69, 9.17) is 0 Å². The highest BCUT2D eigenvalue weighted by molar-refractivity contribution is 4.77. The fourth-order valence-corrected chi connectivity index (χ4v) is 0.669. The van der Waals surface area contributed by atoms with Crippen LogP contribution >= 0.6 is 0 Å². The largest absolute Gasteiger partial charge is 0.316 e. The van der Waals surface area contributed by atoms with Crippen molar-refractivity contribution in [3.63, 3.8) is 0 Å². The lowest BCUT2D eigenvalue weighted by molar-refractivity contribution is 0.460. The molecule has 0 aromatic carbocycles. The van der Waals surface area contributed by atoms with Gasteiger partial charge in [-0.1, -0.05) is 12.2 Å². The lowest BCUT2D eigenvalue weighted by atomic mass is 10.3. The van der Waals surface area contributed by atoms with Gasteiger partial charge in [-0.25, -0.2) is 0 Å². The van der Waals surface area contributed by atoms with Crippen molar-refractivity contribution in [2.75, 3.05) is 19.8 Å². The summed E-state index contributed by atoms with van der Waals surface area (Å²) >= 11 is 0. The number of alkyl halides is 1. The van der Waals surface area contributed by atoms with E-state index in [9.17, 15) is 4.39 Å². The second kappa shape index (κ2) is 8.63. The summed E-state index contributed by atoms with van der Waals surface area (Å²) in [6.07, 6.45) is 5.80. The average Bonchev–Trinajstić information content (AvgIpc) is 1.97.